The van der Waals surface area contributed by atoms with Crippen LogP contribution >= 0.6 is 7.44 Å². The second kappa shape index (κ2) is 11.1. The van der Waals surface area contributed by atoms with Gasteiger partial charge in [-0.3, -0.25) is 24.2 Å². The number of aromatic nitrogens is 6. The highest BCUT2D eigenvalue weighted by Gasteiger charge is 2.39. The average molecular weight is 520 g/mol. The third kappa shape index (κ3) is 6.80. The van der Waals surface area contributed by atoms with Crippen LogP contribution in [0.5, 0.6) is 0 Å². The number of hydrogen-bond donors (Lipinski definition) is 3. The number of carbonyl (C=O) groups excluding carboxylic acids is 2. The molecule has 2 unspecified atom stereocenters. The van der Waals surface area contributed by atoms with Crippen LogP contribution in [0.15, 0.2) is 31.2 Å². The summed E-state index contributed by atoms with van der Waals surface area (Å²) < 4.78 is 26.7. The first-order chi connectivity index (χ1) is 16.9. The Morgan fingerprint density at radius 1 is 1.17 bits per heavy atom. The fourth-order valence-corrected chi connectivity index (χ4v) is 5.27. The Labute approximate surface area is 207 Å². The number of esters is 1. The van der Waals surface area contributed by atoms with Gasteiger partial charge in [-0.25, -0.2) is 25.0 Å². The van der Waals surface area contributed by atoms with Gasteiger partial charge in [-0.15, -0.1) is 0 Å². The van der Waals surface area contributed by atoms with Crippen LogP contribution < -0.4 is 15.9 Å². The van der Waals surface area contributed by atoms with Crippen LogP contribution in [0.1, 0.15) is 45.1 Å². The van der Waals surface area contributed by atoms with Crippen LogP contribution in [0, 0.1) is 0 Å². The Hall–Kier alpha value is -3.48. The summed E-state index contributed by atoms with van der Waals surface area (Å²) in [6.07, 6.45) is 5.55. The van der Waals surface area contributed by atoms with Crippen molar-refractivity contribution < 1.29 is 23.6 Å². The Morgan fingerprint density at radius 3 is 2.58 bits per heavy atom. The minimum absolute atomic E-state index is 0.0442. The van der Waals surface area contributed by atoms with E-state index in [4.69, 9.17) is 15.2 Å². The summed E-state index contributed by atoms with van der Waals surface area (Å²) in [6.45, 7) is 8.46. The van der Waals surface area contributed by atoms with Crippen LogP contribution in [-0.4, -0.2) is 65.5 Å². The predicted molar refractivity (Wildman–Crippen MR) is 131 cm³/mol. The quantitative estimate of drug-likeness (QED) is 0.245. The molecule has 0 bridgehead atoms. The molecule has 36 heavy (non-hydrogen) atoms. The van der Waals surface area contributed by atoms with E-state index in [0.717, 1.165) is 0 Å². The van der Waals surface area contributed by atoms with Crippen molar-refractivity contribution in [3.63, 3.8) is 0 Å². The maximum atomic E-state index is 13.9. The van der Waals surface area contributed by atoms with Crippen LogP contribution in [-0.2, 0) is 25.4 Å². The highest BCUT2D eigenvalue weighted by molar-refractivity contribution is 7.60. The van der Waals surface area contributed by atoms with Gasteiger partial charge in [0.15, 0.2) is 11.5 Å². The van der Waals surface area contributed by atoms with Crippen LogP contribution in [0.25, 0.3) is 11.2 Å². The number of nitrogens with one attached hydrogen (secondary N) is 2. The van der Waals surface area contributed by atoms with E-state index in [1.54, 1.807) is 31.7 Å². The van der Waals surface area contributed by atoms with Gasteiger partial charge < -0.3 is 19.8 Å². The van der Waals surface area contributed by atoms with Crippen LogP contribution in [0.4, 0.5) is 5.82 Å². The van der Waals surface area contributed by atoms with Crippen molar-refractivity contribution in [1.29, 1.82) is 0 Å². The molecule has 0 radical (unpaired) electrons. The molecule has 4 N–H and O–H groups in total. The minimum Gasteiger partial charge on any atom is -0.462 e. The summed E-state index contributed by atoms with van der Waals surface area (Å²) in [5.41, 5.74) is 5.36. The van der Waals surface area contributed by atoms with E-state index >= 15 is 0 Å². The number of imidazole rings is 1. The van der Waals surface area contributed by atoms with Gasteiger partial charge in [0.2, 0.25) is 0 Å². The third-order valence-electron chi connectivity index (χ3n) is 4.82. The highest BCUT2D eigenvalue weighted by atomic mass is 31.2. The second-order valence-electron chi connectivity index (χ2n) is 8.90. The first kappa shape index (κ1) is 27.1. The van der Waals surface area contributed by atoms with Crippen molar-refractivity contribution in [2.75, 3.05) is 12.1 Å². The van der Waals surface area contributed by atoms with E-state index < -0.39 is 37.3 Å². The molecule has 0 spiro atoms. The Morgan fingerprint density at radius 2 is 1.92 bits per heavy atom. The standard InChI is InChI=1S/C21H30N9O5P/c1-13(2)35-20(32)21(4,5)29-36(33,28-19(31)15-8-23-6-7-24-15)12-34-14(3)9-30-11-27-16-17(22)25-10-26-18(16)30/h6-8,10-11,13-14H,9,12H2,1-5H3,(H2,22,25,26)(H2,28,29,31,33). The lowest BCUT2D eigenvalue weighted by molar-refractivity contribution is -0.153. The largest absolute Gasteiger partial charge is 0.462 e. The molecule has 0 fully saturated rings. The normalized spacial score (nSPS) is 14.4. The molecule has 0 aromatic carbocycles. The van der Waals surface area contributed by atoms with Crippen molar-refractivity contribution in [1.82, 2.24) is 39.7 Å². The first-order valence-electron chi connectivity index (χ1n) is 11.1. The van der Waals surface area contributed by atoms with Gasteiger partial charge in [0.1, 0.15) is 29.4 Å². The smallest absolute Gasteiger partial charge is 0.326 e. The van der Waals surface area contributed by atoms with Gasteiger partial charge in [-0.1, -0.05) is 0 Å². The first-order valence-corrected chi connectivity index (χ1v) is 13.0. The maximum Gasteiger partial charge on any atom is 0.326 e. The van der Waals surface area contributed by atoms with Crippen molar-refractivity contribution >= 4 is 36.3 Å². The molecule has 0 aliphatic heterocycles. The number of rotatable bonds is 11. The summed E-state index contributed by atoms with van der Waals surface area (Å²) >= 11 is 0. The zero-order valence-corrected chi connectivity index (χ0v) is 21.6. The number of nitrogens with zero attached hydrogens (tertiary/aromatic N) is 6. The van der Waals surface area contributed by atoms with Gasteiger partial charge in [0.25, 0.3) is 13.4 Å². The van der Waals surface area contributed by atoms with Crippen molar-refractivity contribution in [2.24, 2.45) is 0 Å². The number of ether oxygens (including phenoxy) is 2. The number of fused-ring (bicyclic) bond motifs is 1. The Kier molecular flexibility index (Phi) is 8.33. The van der Waals surface area contributed by atoms with Crippen molar-refractivity contribution in [2.45, 2.75) is 58.9 Å². The molecule has 15 heteroatoms. The van der Waals surface area contributed by atoms with Gasteiger partial charge >= 0.3 is 5.97 Å². The lowest BCUT2D eigenvalue weighted by Gasteiger charge is -2.31. The highest BCUT2D eigenvalue weighted by Crippen LogP contribution is 2.40. The molecule has 14 nitrogen and oxygen atoms in total. The molecule has 3 rings (SSSR count). The zero-order chi connectivity index (χ0) is 26.5. The second-order valence-corrected chi connectivity index (χ2v) is 11.1. The molecule has 3 heterocycles. The van der Waals surface area contributed by atoms with E-state index in [9.17, 15) is 14.2 Å². The SMILES string of the molecule is CC(C)OC(=O)C(C)(C)NP(=O)(COC(C)Cn1cnc2c(N)ncnc21)NC(=O)c1cnccn1. The van der Waals surface area contributed by atoms with E-state index in [-0.39, 0.29) is 17.6 Å². The van der Waals surface area contributed by atoms with Gasteiger partial charge in [0, 0.05) is 12.4 Å². The fourth-order valence-electron chi connectivity index (χ4n) is 3.18. The number of hydrogen-bond acceptors (Lipinski definition) is 11. The van der Waals surface area contributed by atoms with E-state index in [1.807, 2.05) is 0 Å². The van der Waals surface area contributed by atoms with Gasteiger partial charge in [0.05, 0.1) is 31.3 Å². The summed E-state index contributed by atoms with van der Waals surface area (Å²) in [5.74, 6) is -1.12. The summed E-state index contributed by atoms with van der Waals surface area (Å²) in [6, 6.07) is 0. The molecule has 0 aliphatic carbocycles. The lowest BCUT2D eigenvalue weighted by atomic mass is 10.1. The summed E-state index contributed by atoms with van der Waals surface area (Å²) in [7, 11) is -3.87. The third-order valence-corrected chi connectivity index (χ3v) is 6.81. The molecule has 2 atom stereocenters. The molecule has 3 aromatic rings. The number of nitrogen functional groups attached to an aromatic ring is 1. The molecule has 194 valence electrons. The summed E-state index contributed by atoms with van der Waals surface area (Å²) in [4.78, 5) is 45.4. The molecule has 0 saturated carbocycles. The molecular formula is C21H30N9O5P. The Bertz CT molecular complexity index is 1270. The van der Waals surface area contributed by atoms with E-state index in [2.05, 4.69) is 35.1 Å². The topological polar surface area (TPSA) is 189 Å². The molecule has 3 aromatic heterocycles. The summed E-state index contributed by atoms with van der Waals surface area (Å²) in [5, 5.41) is 5.19. The average Bonchev–Trinajstić information content (AvgIpc) is 3.21. The van der Waals surface area contributed by atoms with E-state index in [0.29, 0.717) is 17.7 Å². The van der Waals surface area contributed by atoms with Crippen LogP contribution in [0.3, 0.4) is 0 Å². The van der Waals surface area contributed by atoms with Crippen molar-refractivity contribution in [3.05, 3.63) is 36.9 Å². The van der Waals surface area contributed by atoms with Gasteiger partial charge in [-0.05, 0) is 34.6 Å². The fraction of sp³-hybridized carbons (Fsp3) is 0.476. The number of carbonyl (C=O) groups is 2. The molecule has 0 saturated heterocycles. The monoisotopic (exact) mass is 519 g/mol. The number of nitrogens with two attached hydrogens (primary N) is 1. The maximum absolute atomic E-state index is 13.9. The number of anilines is 1. The predicted octanol–water partition coefficient (Wildman–Crippen LogP) is 1.50. The molecule has 1 amide bonds. The molecule has 0 aliphatic rings. The van der Waals surface area contributed by atoms with E-state index in [1.165, 1.54) is 38.8 Å². The lowest BCUT2D eigenvalue weighted by Crippen LogP contribution is -2.49. The Balaban J connectivity index is 1.76. The minimum atomic E-state index is -3.87. The van der Waals surface area contributed by atoms with Crippen molar-refractivity contribution in [3.8, 4) is 0 Å². The van der Waals surface area contributed by atoms with Crippen LogP contribution in [0.2, 0.25) is 0 Å². The molecular weight excluding hydrogens is 489 g/mol. The van der Waals surface area contributed by atoms with Gasteiger partial charge in [-0.2, -0.15) is 0 Å². The zero-order valence-electron chi connectivity index (χ0n) is 20.7. The number of amides is 1.